The third kappa shape index (κ3) is 17.8. The lowest BCUT2D eigenvalue weighted by molar-refractivity contribution is 0.373. The van der Waals surface area contributed by atoms with Gasteiger partial charge in [0.1, 0.15) is 0 Å². The van der Waals surface area contributed by atoms with E-state index in [9.17, 15) is 0 Å². The summed E-state index contributed by atoms with van der Waals surface area (Å²) in [5.41, 5.74) is 0.550. The summed E-state index contributed by atoms with van der Waals surface area (Å²) in [6, 6.07) is 0. The molecule has 1 nitrogen and oxygen atoms in total. The van der Waals surface area contributed by atoms with Crippen molar-refractivity contribution < 1.29 is 0 Å². The van der Waals surface area contributed by atoms with E-state index in [0.29, 0.717) is 5.41 Å². The van der Waals surface area contributed by atoms with Gasteiger partial charge in [0.15, 0.2) is 0 Å². The van der Waals surface area contributed by atoms with Gasteiger partial charge in [-0.15, -0.1) is 12.4 Å². The Kier molecular flexibility index (Phi) is 11.4. The maximum absolute atomic E-state index is 2.27. The van der Waals surface area contributed by atoms with E-state index in [4.69, 9.17) is 0 Å². The molecule has 0 aromatic carbocycles. The molecule has 0 aliphatic carbocycles. The van der Waals surface area contributed by atoms with Gasteiger partial charge < -0.3 is 6.15 Å². The second kappa shape index (κ2) is 6.37. The summed E-state index contributed by atoms with van der Waals surface area (Å²) in [5, 5.41) is 0. The van der Waals surface area contributed by atoms with Gasteiger partial charge in [0.05, 0.1) is 0 Å². The van der Waals surface area contributed by atoms with Crippen LogP contribution in [0.15, 0.2) is 0 Å². The van der Waals surface area contributed by atoms with Gasteiger partial charge >= 0.3 is 0 Å². The van der Waals surface area contributed by atoms with Crippen molar-refractivity contribution in [1.82, 2.24) is 6.15 Å². The highest BCUT2D eigenvalue weighted by molar-refractivity contribution is 5.85. The van der Waals surface area contributed by atoms with Gasteiger partial charge in [-0.25, -0.2) is 0 Å². The molecule has 0 heterocycles. The summed E-state index contributed by atoms with van der Waals surface area (Å²) in [7, 11) is 0. The Morgan fingerprint density at radius 3 is 1.44 bits per heavy atom. The third-order valence-electron chi connectivity index (χ3n) is 1.000. The molecule has 0 fully saturated rings. The van der Waals surface area contributed by atoms with Crippen LogP contribution in [0.4, 0.5) is 0 Å². The van der Waals surface area contributed by atoms with Crippen LogP contribution in [0.5, 0.6) is 0 Å². The minimum Gasteiger partial charge on any atom is -0.344 e. The molecule has 0 saturated heterocycles. The van der Waals surface area contributed by atoms with Crippen molar-refractivity contribution >= 4 is 12.4 Å². The summed E-state index contributed by atoms with van der Waals surface area (Å²) in [6.45, 7) is 9.05. The van der Waals surface area contributed by atoms with Crippen LogP contribution in [-0.4, -0.2) is 0 Å². The summed E-state index contributed by atoms with van der Waals surface area (Å²) in [5.74, 6) is 0. The molecule has 0 saturated carbocycles. The zero-order valence-corrected chi connectivity index (χ0v) is 7.85. The average molecular weight is 154 g/mol. The fraction of sp³-hybridized carbons (Fsp3) is 1.00. The predicted molar refractivity (Wildman–Crippen MR) is 46.6 cm³/mol. The Balaban J connectivity index is -0.000000180. The van der Waals surface area contributed by atoms with E-state index in [-0.39, 0.29) is 18.6 Å². The van der Waals surface area contributed by atoms with E-state index in [2.05, 4.69) is 27.7 Å². The van der Waals surface area contributed by atoms with Crippen molar-refractivity contribution in [3.05, 3.63) is 0 Å². The first-order valence-electron chi connectivity index (χ1n) is 3.06. The number of halogens is 1. The lowest BCUT2D eigenvalue weighted by Crippen LogP contribution is -2.02. The first-order chi connectivity index (χ1) is 3.06. The Morgan fingerprint density at radius 2 is 1.44 bits per heavy atom. The zero-order chi connectivity index (χ0) is 5.91. The molecule has 3 N–H and O–H groups in total. The van der Waals surface area contributed by atoms with E-state index in [1.165, 1.54) is 12.8 Å². The molecule has 0 atom stereocenters. The number of hydrogen-bond donors (Lipinski definition) is 1. The molecule has 0 aromatic heterocycles. The number of hydrogen-bond acceptors (Lipinski definition) is 1. The first-order valence-corrected chi connectivity index (χ1v) is 3.06. The van der Waals surface area contributed by atoms with E-state index < -0.39 is 0 Å². The molecule has 60 valence electrons. The van der Waals surface area contributed by atoms with Crippen molar-refractivity contribution in [2.24, 2.45) is 5.41 Å². The lowest BCUT2D eigenvalue weighted by atomic mass is 9.91. The van der Waals surface area contributed by atoms with Gasteiger partial charge in [-0.2, -0.15) is 0 Å². The van der Waals surface area contributed by atoms with Gasteiger partial charge in [-0.3, -0.25) is 0 Å². The Hall–Kier alpha value is 0.250. The topological polar surface area (TPSA) is 35.0 Å². The third-order valence-corrected chi connectivity index (χ3v) is 1.000. The van der Waals surface area contributed by atoms with Crippen molar-refractivity contribution in [3.8, 4) is 0 Å². The van der Waals surface area contributed by atoms with Gasteiger partial charge in [0.2, 0.25) is 0 Å². The maximum atomic E-state index is 2.27. The molecule has 0 bridgehead atoms. The molecule has 0 radical (unpaired) electrons. The number of rotatable bonds is 1. The molecule has 0 unspecified atom stereocenters. The quantitative estimate of drug-likeness (QED) is 0.616. The van der Waals surface area contributed by atoms with Gasteiger partial charge in [-0.05, 0) is 11.8 Å². The summed E-state index contributed by atoms with van der Waals surface area (Å²) < 4.78 is 0. The van der Waals surface area contributed by atoms with E-state index in [1.807, 2.05) is 0 Å². The molecule has 0 aliphatic rings. The molecular weight excluding hydrogens is 134 g/mol. The Morgan fingerprint density at radius 1 is 1.11 bits per heavy atom. The van der Waals surface area contributed by atoms with Crippen LogP contribution in [-0.2, 0) is 0 Å². The van der Waals surface area contributed by atoms with Crippen LogP contribution >= 0.6 is 12.4 Å². The van der Waals surface area contributed by atoms with Crippen molar-refractivity contribution in [3.63, 3.8) is 0 Å². The largest absolute Gasteiger partial charge is 0.344 e. The van der Waals surface area contributed by atoms with Crippen LogP contribution in [0.25, 0.3) is 0 Å². The van der Waals surface area contributed by atoms with Crippen LogP contribution in [0.2, 0.25) is 0 Å². The zero-order valence-electron chi connectivity index (χ0n) is 7.03. The minimum atomic E-state index is 0. The fourth-order valence-corrected chi connectivity index (χ4v) is 0.750. The molecule has 0 amide bonds. The molecule has 0 spiro atoms. The normalized spacial score (nSPS) is 9.33. The van der Waals surface area contributed by atoms with Crippen LogP contribution in [0.3, 0.4) is 0 Å². The summed E-state index contributed by atoms with van der Waals surface area (Å²) in [6.07, 6.45) is 2.65. The highest BCUT2D eigenvalue weighted by atomic mass is 35.5. The molecular formula is C7H20ClN. The predicted octanol–water partition coefficient (Wildman–Crippen LogP) is 3.42. The second-order valence-corrected chi connectivity index (χ2v) is 3.31. The van der Waals surface area contributed by atoms with Gasteiger partial charge in [0.25, 0.3) is 0 Å². The van der Waals surface area contributed by atoms with Crippen LogP contribution in [0.1, 0.15) is 40.5 Å². The highest BCUT2D eigenvalue weighted by Crippen LogP contribution is 2.19. The van der Waals surface area contributed by atoms with Gasteiger partial charge in [-0.1, -0.05) is 34.1 Å². The fourth-order valence-electron chi connectivity index (χ4n) is 0.750. The Bertz CT molecular complexity index is 47.4. The van der Waals surface area contributed by atoms with Crippen molar-refractivity contribution in [2.45, 2.75) is 40.5 Å². The maximum Gasteiger partial charge on any atom is -0.0383 e. The smallest absolute Gasteiger partial charge is 0.0383 e. The van der Waals surface area contributed by atoms with E-state index in [0.717, 1.165) is 0 Å². The van der Waals surface area contributed by atoms with E-state index >= 15 is 0 Å². The second-order valence-electron chi connectivity index (χ2n) is 3.31. The Labute approximate surface area is 65.2 Å². The first kappa shape index (κ1) is 16.1. The molecule has 0 aromatic rings. The molecule has 0 aliphatic heterocycles. The van der Waals surface area contributed by atoms with E-state index in [1.54, 1.807) is 0 Å². The molecule has 2 heteroatoms. The average Bonchev–Trinajstić information content (AvgIpc) is 1.30. The lowest BCUT2D eigenvalue weighted by Gasteiger charge is -2.15. The summed E-state index contributed by atoms with van der Waals surface area (Å²) >= 11 is 0. The minimum absolute atomic E-state index is 0. The van der Waals surface area contributed by atoms with Crippen molar-refractivity contribution in [2.75, 3.05) is 0 Å². The molecule has 9 heavy (non-hydrogen) atoms. The highest BCUT2D eigenvalue weighted by Gasteiger charge is 2.06. The monoisotopic (exact) mass is 153 g/mol. The SMILES string of the molecule is CCCC(C)(C)C.Cl.N. The summed E-state index contributed by atoms with van der Waals surface area (Å²) in [4.78, 5) is 0. The van der Waals surface area contributed by atoms with Crippen LogP contribution < -0.4 is 6.15 Å². The van der Waals surface area contributed by atoms with Crippen LogP contribution in [0, 0.1) is 5.41 Å². The van der Waals surface area contributed by atoms with Crippen molar-refractivity contribution in [1.29, 1.82) is 0 Å². The van der Waals surface area contributed by atoms with Gasteiger partial charge in [0, 0.05) is 0 Å². The standard InChI is InChI=1S/C7H16.ClH.H3N/c1-5-6-7(2,3)4;;/h5-6H2,1-4H3;1H;1H3. The molecule has 0 rings (SSSR count).